The fourth-order valence-electron chi connectivity index (χ4n) is 2.19. The van der Waals surface area contributed by atoms with Crippen molar-refractivity contribution in [3.63, 3.8) is 0 Å². The molecule has 1 aromatic heterocycles. The summed E-state index contributed by atoms with van der Waals surface area (Å²) in [4.78, 5) is 0. The van der Waals surface area contributed by atoms with Gasteiger partial charge in [-0.15, -0.1) is 0 Å². The number of hydrogen-bond donors (Lipinski definition) is 1. The monoisotopic (exact) mass is 218 g/mol. The molecular formula is C13H18N2O. The van der Waals surface area contributed by atoms with Crippen LogP contribution in [0.25, 0.3) is 10.9 Å². The molecule has 0 bridgehead atoms. The Labute approximate surface area is 95.8 Å². The molecule has 2 aromatic rings. The van der Waals surface area contributed by atoms with Crippen molar-refractivity contribution in [1.29, 1.82) is 0 Å². The number of aromatic nitrogens is 1. The molecule has 86 valence electrons. The zero-order valence-corrected chi connectivity index (χ0v) is 10.3. The highest BCUT2D eigenvalue weighted by Gasteiger charge is 2.14. The largest absolute Gasteiger partial charge is 0.492 e. The maximum atomic E-state index is 6.04. The molecule has 0 fully saturated rings. The summed E-state index contributed by atoms with van der Waals surface area (Å²) < 4.78 is 7.79. The second-order valence-corrected chi connectivity index (χ2v) is 4.08. The van der Waals surface area contributed by atoms with Gasteiger partial charge < -0.3 is 15.0 Å². The van der Waals surface area contributed by atoms with Gasteiger partial charge in [0.1, 0.15) is 5.75 Å². The van der Waals surface area contributed by atoms with Crippen LogP contribution in [0.1, 0.15) is 18.2 Å². The molecule has 0 aliphatic carbocycles. The van der Waals surface area contributed by atoms with Gasteiger partial charge in [-0.3, -0.25) is 0 Å². The average molecular weight is 218 g/mol. The lowest BCUT2D eigenvalue weighted by Gasteiger charge is -2.08. The van der Waals surface area contributed by atoms with Crippen LogP contribution >= 0.6 is 0 Å². The maximum absolute atomic E-state index is 6.04. The second-order valence-electron chi connectivity index (χ2n) is 4.08. The van der Waals surface area contributed by atoms with E-state index in [1.54, 1.807) is 0 Å². The highest BCUT2D eigenvalue weighted by atomic mass is 16.5. The highest BCUT2D eigenvalue weighted by molar-refractivity contribution is 5.99. The molecule has 0 saturated carbocycles. The van der Waals surface area contributed by atoms with Gasteiger partial charge in [-0.2, -0.15) is 0 Å². The van der Waals surface area contributed by atoms with E-state index in [9.17, 15) is 0 Å². The first-order chi connectivity index (χ1) is 7.57. The van der Waals surface area contributed by atoms with E-state index in [0.717, 1.165) is 22.3 Å². The van der Waals surface area contributed by atoms with Crippen molar-refractivity contribution >= 4 is 16.6 Å². The van der Waals surface area contributed by atoms with E-state index in [0.29, 0.717) is 6.61 Å². The standard InChI is InChI=1S/C13H18N2O/c1-5-16-11-7-6-10(14)12-8(2)9(3)15(4)13(11)12/h6-7H,5,14H2,1-4H3. The summed E-state index contributed by atoms with van der Waals surface area (Å²) in [6.45, 7) is 6.86. The average Bonchev–Trinajstić information content (AvgIpc) is 2.49. The Bertz CT molecular complexity index is 541. The number of aryl methyl sites for hydroxylation is 2. The Morgan fingerprint density at radius 1 is 1.31 bits per heavy atom. The third-order valence-corrected chi connectivity index (χ3v) is 3.23. The van der Waals surface area contributed by atoms with Crippen LogP contribution in [-0.4, -0.2) is 11.2 Å². The molecule has 16 heavy (non-hydrogen) atoms. The lowest BCUT2D eigenvalue weighted by molar-refractivity contribution is 0.343. The number of nitrogens with two attached hydrogens (primary N) is 1. The molecule has 0 spiro atoms. The molecule has 3 nitrogen and oxygen atoms in total. The van der Waals surface area contributed by atoms with Gasteiger partial charge in [0.05, 0.1) is 12.1 Å². The van der Waals surface area contributed by atoms with Gasteiger partial charge in [0.25, 0.3) is 0 Å². The summed E-state index contributed by atoms with van der Waals surface area (Å²) in [7, 11) is 2.05. The Morgan fingerprint density at radius 2 is 2.00 bits per heavy atom. The molecule has 1 aromatic carbocycles. The quantitative estimate of drug-likeness (QED) is 0.787. The van der Waals surface area contributed by atoms with Crippen molar-refractivity contribution < 1.29 is 4.74 Å². The van der Waals surface area contributed by atoms with E-state index < -0.39 is 0 Å². The number of ether oxygens (including phenoxy) is 1. The minimum Gasteiger partial charge on any atom is -0.492 e. The van der Waals surface area contributed by atoms with Crippen LogP contribution in [0.4, 0.5) is 5.69 Å². The normalized spacial score (nSPS) is 11.0. The van der Waals surface area contributed by atoms with Gasteiger partial charge in [0.15, 0.2) is 0 Å². The van der Waals surface area contributed by atoms with Crippen molar-refractivity contribution in [2.24, 2.45) is 7.05 Å². The van der Waals surface area contributed by atoms with E-state index in [4.69, 9.17) is 10.5 Å². The molecule has 2 rings (SSSR count). The number of rotatable bonds is 2. The van der Waals surface area contributed by atoms with Crippen molar-refractivity contribution in [2.45, 2.75) is 20.8 Å². The number of nitrogen functional groups attached to an aromatic ring is 1. The number of fused-ring (bicyclic) bond motifs is 1. The first kappa shape index (κ1) is 10.9. The molecule has 0 atom stereocenters. The molecule has 0 unspecified atom stereocenters. The predicted octanol–water partition coefficient (Wildman–Crippen LogP) is 2.78. The smallest absolute Gasteiger partial charge is 0.143 e. The summed E-state index contributed by atoms with van der Waals surface area (Å²) in [6, 6.07) is 3.86. The molecule has 0 aliphatic heterocycles. The van der Waals surface area contributed by atoms with Gasteiger partial charge >= 0.3 is 0 Å². The minimum atomic E-state index is 0.669. The first-order valence-corrected chi connectivity index (χ1v) is 5.54. The Morgan fingerprint density at radius 3 is 2.62 bits per heavy atom. The van der Waals surface area contributed by atoms with Crippen LogP contribution in [0.5, 0.6) is 5.75 Å². The molecule has 2 N–H and O–H groups in total. The third kappa shape index (κ3) is 1.35. The van der Waals surface area contributed by atoms with Crippen molar-refractivity contribution in [2.75, 3.05) is 12.3 Å². The summed E-state index contributed by atoms with van der Waals surface area (Å²) in [5.41, 5.74) is 10.4. The number of benzene rings is 1. The van der Waals surface area contributed by atoms with Gasteiger partial charge in [-0.25, -0.2) is 0 Å². The second kappa shape index (κ2) is 3.74. The summed E-state index contributed by atoms with van der Waals surface area (Å²) in [5.74, 6) is 0.908. The van der Waals surface area contributed by atoms with E-state index in [2.05, 4.69) is 18.4 Å². The van der Waals surface area contributed by atoms with Crippen molar-refractivity contribution in [1.82, 2.24) is 4.57 Å². The molecule has 0 radical (unpaired) electrons. The summed E-state index contributed by atoms with van der Waals surface area (Å²) in [5, 5.41) is 1.12. The number of nitrogens with zero attached hydrogens (tertiary/aromatic N) is 1. The molecule has 0 aliphatic rings. The van der Waals surface area contributed by atoms with E-state index in [1.165, 1.54) is 11.3 Å². The fourth-order valence-corrected chi connectivity index (χ4v) is 2.19. The van der Waals surface area contributed by atoms with Gasteiger partial charge in [-0.05, 0) is 38.5 Å². The van der Waals surface area contributed by atoms with Gasteiger partial charge in [-0.1, -0.05) is 0 Å². The highest BCUT2D eigenvalue weighted by Crippen LogP contribution is 2.35. The molecule has 3 heteroatoms. The maximum Gasteiger partial charge on any atom is 0.143 e. The molecular weight excluding hydrogens is 200 g/mol. The third-order valence-electron chi connectivity index (χ3n) is 3.23. The lowest BCUT2D eigenvalue weighted by atomic mass is 10.1. The molecule has 0 amide bonds. The van der Waals surface area contributed by atoms with E-state index >= 15 is 0 Å². The number of hydrogen-bond acceptors (Lipinski definition) is 2. The van der Waals surface area contributed by atoms with E-state index in [1.807, 2.05) is 26.1 Å². The van der Waals surface area contributed by atoms with Crippen LogP contribution in [-0.2, 0) is 7.05 Å². The van der Waals surface area contributed by atoms with Gasteiger partial charge in [0, 0.05) is 23.8 Å². The van der Waals surface area contributed by atoms with Crippen LogP contribution in [0.2, 0.25) is 0 Å². The summed E-state index contributed by atoms with van der Waals surface area (Å²) >= 11 is 0. The fraction of sp³-hybridized carbons (Fsp3) is 0.385. The zero-order valence-electron chi connectivity index (χ0n) is 10.3. The van der Waals surface area contributed by atoms with Gasteiger partial charge in [0.2, 0.25) is 0 Å². The van der Waals surface area contributed by atoms with Crippen LogP contribution in [0.15, 0.2) is 12.1 Å². The molecule has 1 heterocycles. The predicted molar refractivity (Wildman–Crippen MR) is 68.0 cm³/mol. The van der Waals surface area contributed by atoms with Crippen molar-refractivity contribution in [3.05, 3.63) is 23.4 Å². The number of anilines is 1. The Hall–Kier alpha value is -1.64. The molecule has 0 saturated heterocycles. The SMILES string of the molecule is CCOc1ccc(N)c2c(C)c(C)n(C)c12. The Kier molecular flexibility index (Phi) is 2.54. The zero-order chi connectivity index (χ0) is 11.9. The topological polar surface area (TPSA) is 40.2 Å². The summed E-state index contributed by atoms with van der Waals surface area (Å²) in [6.07, 6.45) is 0. The van der Waals surface area contributed by atoms with Crippen LogP contribution in [0, 0.1) is 13.8 Å². The lowest BCUT2D eigenvalue weighted by Crippen LogP contribution is -1.97. The van der Waals surface area contributed by atoms with Crippen LogP contribution < -0.4 is 10.5 Å². The minimum absolute atomic E-state index is 0.669. The van der Waals surface area contributed by atoms with Crippen molar-refractivity contribution in [3.8, 4) is 5.75 Å². The Balaban J connectivity index is 2.87. The van der Waals surface area contributed by atoms with Crippen LogP contribution in [0.3, 0.4) is 0 Å². The van der Waals surface area contributed by atoms with E-state index in [-0.39, 0.29) is 0 Å². The first-order valence-electron chi connectivity index (χ1n) is 5.54.